The van der Waals surface area contributed by atoms with Crippen molar-refractivity contribution in [1.82, 2.24) is 9.88 Å². The van der Waals surface area contributed by atoms with E-state index in [1.54, 1.807) is 11.9 Å². The maximum atomic E-state index is 13.4. The van der Waals surface area contributed by atoms with Crippen LogP contribution >= 0.6 is 0 Å². The SMILES string of the molecule is C[C@@H](CN(C)C(=O)c1cc(=O)[nH]c2cc(F)ccc12)c1ccccc1. The summed E-state index contributed by atoms with van der Waals surface area (Å²) in [7, 11) is 1.71. The Morgan fingerprint density at radius 1 is 1.16 bits per heavy atom. The van der Waals surface area contributed by atoms with Gasteiger partial charge in [-0.25, -0.2) is 4.39 Å². The third-order valence-corrected chi connectivity index (χ3v) is 4.30. The highest BCUT2D eigenvalue weighted by Crippen LogP contribution is 2.20. The van der Waals surface area contributed by atoms with Crippen molar-refractivity contribution in [3.05, 3.63) is 81.9 Å². The maximum absolute atomic E-state index is 13.4. The van der Waals surface area contributed by atoms with E-state index in [-0.39, 0.29) is 17.4 Å². The second kappa shape index (κ2) is 6.89. The fourth-order valence-electron chi connectivity index (χ4n) is 3.00. The van der Waals surface area contributed by atoms with Gasteiger partial charge in [-0.1, -0.05) is 37.3 Å². The Hall–Kier alpha value is -2.95. The van der Waals surface area contributed by atoms with Crippen LogP contribution in [0.3, 0.4) is 0 Å². The molecular weight excluding hydrogens is 319 g/mol. The van der Waals surface area contributed by atoms with Crippen molar-refractivity contribution < 1.29 is 9.18 Å². The van der Waals surface area contributed by atoms with E-state index in [0.29, 0.717) is 17.4 Å². The molecule has 1 amide bonds. The molecule has 2 aromatic carbocycles. The number of aromatic amines is 1. The molecule has 3 rings (SSSR count). The first-order valence-electron chi connectivity index (χ1n) is 8.08. The standard InChI is InChI=1S/C20H19FN2O2/c1-13(14-6-4-3-5-7-14)12-23(2)20(25)17-11-19(24)22-18-10-15(21)8-9-16(17)18/h3-11,13H,12H2,1-2H3,(H,22,24)/t13-/m0/s1. The van der Waals surface area contributed by atoms with Crippen LogP contribution in [0.4, 0.5) is 4.39 Å². The summed E-state index contributed by atoms with van der Waals surface area (Å²) in [4.78, 5) is 28.8. The van der Waals surface area contributed by atoms with Gasteiger partial charge in [-0.3, -0.25) is 9.59 Å². The van der Waals surface area contributed by atoms with Crippen LogP contribution in [0.25, 0.3) is 10.9 Å². The first-order chi connectivity index (χ1) is 12.0. The summed E-state index contributed by atoms with van der Waals surface area (Å²) in [6.45, 7) is 2.56. The maximum Gasteiger partial charge on any atom is 0.254 e. The van der Waals surface area contributed by atoms with E-state index in [1.165, 1.54) is 24.3 Å². The summed E-state index contributed by atoms with van der Waals surface area (Å²) in [5.74, 6) is -0.565. The van der Waals surface area contributed by atoms with Crippen molar-refractivity contribution in [2.75, 3.05) is 13.6 Å². The number of amides is 1. The van der Waals surface area contributed by atoms with Gasteiger partial charge in [0.1, 0.15) is 5.82 Å². The van der Waals surface area contributed by atoms with E-state index in [4.69, 9.17) is 0 Å². The number of pyridine rings is 1. The molecule has 0 spiro atoms. The van der Waals surface area contributed by atoms with Crippen molar-refractivity contribution in [3.8, 4) is 0 Å². The Kier molecular flexibility index (Phi) is 4.65. The molecule has 128 valence electrons. The van der Waals surface area contributed by atoms with Gasteiger partial charge in [-0.15, -0.1) is 0 Å². The van der Waals surface area contributed by atoms with Crippen LogP contribution in [0, 0.1) is 5.82 Å². The van der Waals surface area contributed by atoms with Crippen molar-refractivity contribution in [2.24, 2.45) is 0 Å². The first-order valence-corrected chi connectivity index (χ1v) is 8.08. The zero-order valence-electron chi connectivity index (χ0n) is 14.1. The van der Waals surface area contributed by atoms with Crippen LogP contribution in [0.15, 0.2) is 59.4 Å². The number of benzene rings is 2. The second-order valence-electron chi connectivity index (χ2n) is 6.23. The summed E-state index contributed by atoms with van der Waals surface area (Å²) >= 11 is 0. The smallest absolute Gasteiger partial charge is 0.254 e. The highest BCUT2D eigenvalue weighted by atomic mass is 19.1. The highest BCUT2D eigenvalue weighted by molar-refractivity contribution is 6.05. The lowest BCUT2D eigenvalue weighted by atomic mass is 10.0. The van der Waals surface area contributed by atoms with Gasteiger partial charge in [0.05, 0.1) is 11.1 Å². The topological polar surface area (TPSA) is 53.2 Å². The summed E-state index contributed by atoms with van der Waals surface area (Å²) in [6, 6.07) is 15.2. The minimum Gasteiger partial charge on any atom is -0.341 e. The summed E-state index contributed by atoms with van der Waals surface area (Å²) in [5.41, 5.74) is 1.31. The molecule has 0 aliphatic carbocycles. The van der Waals surface area contributed by atoms with Gasteiger partial charge in [0, 0.05) is 25.0 Å². The van der Waals surface area contributed by atoms with Crippen LogP contribution < -0.4 is 5.56 Å². The lowest BCUT2D eigenvalue weighted by Gasteiger charge is -2.22. The van der Waals surface area contributed by atoms with Gasteiger partial charge in [-0.05, 0) is 29.7 Å². The molecule has 1 atom stereocenters. The molecule has 0 aliphatic rings. The number of nitrogens with zero attached hydrogens (tertiary/aromatic N) is 1. The molecule has 0 saturated heterocycles. The van der Waals surface area contributed by atoms with Gasteiger partial charge in [0.25, 0.3) is 5.91 Å². The molecule has 0 fully saturated rings. The molecule has 1 N–H and O–H groups in total. The van der Waals surface area contributed by atoms with E-state index in [1.807, 2.05) is 37.3 Å². The number of fused-ring (bicyclic) bond motifs is 1. The van der Waals surface area contributed by atoms with Crippen LogP contribution in [0.1, 0.15) is 28.8 Å². The highest BCUT2D eigenvalue weighted by Gasteiger charge is 2.18. The Morgan fingerprint density at radius 3 is 2.60 bits per heavy atom. The number of carbonyl (C=O) groups is 1. The normalized spacial score (nSPS) is 12.1. The minimum absolute atomic E-state index is 0.154. The summed E-state index contributed by atoms with van der Waals surface area (Å²) < 4.78 is 13.4. The van der Waals surface area contributed by atoms with Crippen molar-refractivity contribution in [2.45, 2.75) is 12.8 Å². The predicted molar refractivity (Wildman–Crippen MR) is 96.3 cm³/mol. The van der Waals surface area contributed by atoms with Gasteiger partial charge in [0.2, 0.25) is 5.56 Å². The molecule has 4 nitrogen and oxygen atoms in total. The Labute approximate surface area is 144 Å². The molecule has 0 unspecified atom stereocenters. The molecule has 0 bridgehead atoms. The van der Waals surface area contributed by atoms with Gasteiger partial charge >= 0.3 is 0 Å². The summed E-state index contributed by atoms with van der Waals surface area (Å²) in [5, 5.41) is 0.533. The van der Waals surface area contributed by atoms with Crippen molar-refractivity contribution in [1.29, 1.82) is 0 Å². The molecular formula is C20H19FN2O2. The number of hydrogen-bond donors (Lipinski definition) is 1. The lowest BCUT2D eigenvalue weighted by Crippen LogP contribution is -2.31. The zero-order valence-corrected chi connectivity index (χ0v) is 14.1. The number of hydrogen-bond acceptors (Lipinski definition) is 2. The monoisotopic (exact) mass is 338 g/mol. The number of nitrogens with one attached hydrogen (secondary N) is 1. The van der Waals surface area contributed by atoms with Crippen LogP contribution in [-0.4, -0.2) is 29.4 Å². The van der Waals surface area contributed by atoms with E-state index < -0.39 is 11.4 Å². The fourth-order valence-corrected chi connectivity index (χ4v) is 3.00. The van der Waals surface area contributed by atoms with E-state index in [0.717, 1.165) is 5.56 Å². The molecule has 0 radical (unpaired) electrons. The number of H-pyrrole nitrogens is 1. The van der Waals surface area contributed by atoms with E-state index >= 15 is 0 Å². The molecule has 1 heterocycles. The summed E-state index contributed by atoms with van der Waals surface area (Å²) in [6.07, 6.45) is 0. The van der Waals surface area contributed by atoms with Gasteiger partial charge < -0.3 is 9.88 Å². The Bertz CT molecular complexity index is 966. The number of likely N-dealkylation sites (N-methyl/N-ethyl adjacent to an activating group) is 1. The largest absolute Gasteiger partial charge is 0.341 e. The average Bonchev–Trinajstić information content (AvgIpc) is 2.60. The van der Waals surface area contributed by atoms with Crippen LogP contribution in [0.5, 0.6) is 0 Å². The Balaban J connectivity index is 1.90. The molecule has 25 heavy (non-hydrogen) atoms. The minimum atomic E-state index is -0.459. The molecule has 1 aromatic heterocycles. The first kappa shape index (κ1) is 16.9. The number of aromatic nitrogens is 1. The zero-order chi connectivity index (χ0) is 18.0. The van der Waals surface area contributed by atoms with Crippen molar-refractivity contribution >= 4 is 16.8 Å². The second-order valence-corrected chi connectivity index (χ2v) is 6.23. The molecule has 3 aromatic rings. The number of rotatable bonds is 4. The molecule has 0 aliphatic heterocycles. The average molecular weight is 338 g/mol. The van der Waals surface area contributed by atoms with Gasteiger partial charge in [-0.2, -0.15) is 0 Å². The van der Waals surface area contributed by atoms with Gasteiger partial charge in [0.15, 0.2) is 0 Å². The van der Waals surface area contributed by atoms with E-state index in [2.05, 4.69) is 4.98 Å². The van der Waals surface area contributed by atoms with Crippen LogP contribution in [0.2, 0.25) is 0 Å². The molecule has 0 saturated carbocycles. The molecule has 5 heteroatoms. The quantitative estimate of drug-likeness (QED) is 0.791. The fraction of sp³-hybridized carbons (Fsp3) is 0.200. The number of halogens is 1. The van der Waals surface area contributed by atoms with E-state index in [9.17, 15) is 14.0 Å². The third-order valence-electron chi connectivity index (χ3n) is 4.30. The van der Waals surface area contributed by atoms with Crippen LogP contribution in [-0.2, 0) is 0 Å². The lowest BCUT2D eigenvalue weighted by molar-refractivity contribution is 0.0790. The third kappa shape index (κ3) is 3.60. The predicted octanol–water partition coefficient (Wildman–Crippen LogP) is 3.54. The Morgan fingerprint density at radius 2 is 1.88 bits per heavy atom. The number of carbonyl (C=O) groups excluding carboxylic acids is 1. The van der Waals surface area contributed by atoms with Crippen molar-refractivity contribution in [3.63, 3.8) is 0 Å².